The minimum Gasteiger partial charge on any atom is -0.496 e. The number of carbonyl (C=O) groups is 2. The Morgan fingerprint density at radius 3 is 2.57 bits per heavy atom. The number of methoxy groups -OCH3 is 1. The molecule has 1 amide bonds. The first-order valence-corrected chi connectivity index (χ1v) is 11.0. The molecular formula is C21H24N2O6S. The van der Waals surface area contributed by atoms with Crippen LogP contribution < -0.4 is 14.8 Å². The van der Waals surface area contributed by atoms with Crippen molar-refractivity contribution in [1.29, 1.82) is 0 Å². The molecule has 0 saturated heterocycles. The summed E-state index contributed by atoms with van der Waals surface area (Å²) in [5.41, 5.74) is 0.839. The van der Waals surface area contributed by atoms with Gasteiger partial charge in [0.25, 0.3) is 5.91 Å². The number of amides is 1. The van der Waals surface area contributed by atoms with Crippen molar-refractivity contribution in [2.24, 2.45) is 0 Å². The van der Waals surface area contributed by atoms with Gasteiger partial charge in [0.2, 0.25) is 10.0 Å². The molecule has 1 atom stereocenters. The summed E-state index contributed by atoms with van der Waals surface area (Å²) in [6.07, 6.45) is 0.558. The summed E-state index contributed by atoms with van der Waals surface area (Å²) in [4.78, 5) is 24.7. The smallest absolute Gasteiger partial charge is 0.338 e. The summed E-state index contributed by atoms with van der Waals surface area (Å²) in [5, 5.41) is 2.69. The molecule has 2 aromatic carbocycles. The number of rotatable bonds is 9. The molecule has 0 aromatic heterocycles. The van der Waals surface area contributed by atoms with E-state index in [4.69, 9.17) is 9.47 Å². The van der Waals surface area contributed by atoms with Crippen molar-refractivity contribution in [2.45, 2.75) is 43.4 Å². The zero-order valence-electron chi connectivity index (χ0n) is 16.8. The molecule has 2 aromatic rings. The molecule has 0 aliphatic heterocycles. The second kappa shape index (κ2) is 9.27. The van der Waals surface area contributed by atoms with Gasteiger partial charge >= 0.3 is 5.97 Å². The highest BCUT2D eigenvalue weighted by molar-refractivity contribution is 7.89. The van der Waals surface area contributed by atoms with Crippen molar-refractivity contribution in [2.75, 3.05) is 7.11 Å². The molecule has 1 aliphatic carbocycles. The summed E-state index contributed by atoms with van der Waals surface area (Å²) in [6.45, 7) is 1.66. The summed E-state index contributed by atoms with van der Waals surface area (Å²) in [7, 11) is -2.15. The maximum atomic E-state index is 12.4. The van der Waals surface area contributed by atoms with E-state index in [1.807, 2.05) is 18.2 Å². The monoisotopic (exact) mass is 432 g/mol. The number of esters is 1. The largest absolute Gasteiger partial charge is 0.496 e. The lowest BCUT2D eigenvalue weighted by Crippen LogP contribution is -2.35. The molecule has 30 heavy (non-hydrogen) atoms. The molecule has 0 spiro atoms. The highest BCUT2D eigenvalue weighted by atomic mass is 32.2. The highest BCUT2D eigenvalue weighted by Gasteiger charge is 2.28. The van der Waals surface area contributed by atoms with Crippen molar-refractivity contribution in [3.8, 4) is 5.75 Å². The molecule has 0 heterocycles. The van der Waals surface area contributed by atoms with Crippen LogP contribution in [0.3, 0.4) is 0 Å². The zero-order chi connectivity index (χ0) is 21.7. The summed E-state index contributed by atoms with van der Waals surface area (Å²) < 4.78 is 37.6. The second-order valence-corrected chi connectivity index (χ2v) is 8.71. The molecular weight excluding hydrogens is 408 g/mol. The van der Waals surface area contributed by atoms with Gasteiger partial charge in [0.15, 0.2) is 6.10 Å². The predicted octanol–water partition coefficient (Wildman–Crippen LogP) is 2.00. The van der Waals surface area contributed by atoms with Gasteiger partial charge in [-0.2, -0.15) is 0 Å². The van der Waals surface area contributed by atoms with Gasteiger partial charge in [0, 0.05) is 18.2 Å². The quantitative estimate of drug-likeness (QED) is 0.587. The Bertz CT molecular complexity index is 1030. The first kappa shape index (κ1) is 21.8. The lowest BCUT2D eigenvalue weighted by Gasteiger charge is -2.15. The lowest BCUT2D eigenvalue weighted by atomic mass is 10.2. The molecule has 0 radical (unpaired) electrons. The summed E-state index contributed by atoms with van der Waals surface area (Å²) in [5.74, 6) is -0.618. The van der Waals surface area contributed by atoms with Crippen LogP contribution in [0.25, 0.3) is 0 Å². The van der Waals surface area contributed by atoms with E-state index in [-0.39, 0.29) is 23.0 Å². The zero-order valence-corrected chi connectivity index (χ0v) is 17.6. The van der Waals surface area contributed by atoms with E-state index in [9.17, 15) is 18.0 Å². The average Bonchev–Trinajstić information content (AvgIpc) is 3.55. The van der Waals surface area contributed by atoms with Crippen LogP contribution in [0.1, 0.15) is 35.7 Å². The number of carbonyl (C=O) groups excluding carboxylic acids is 2. The Morgan fingerprint density at radius 2 is 1.87 bits per heavy atom. The van der Waals surface area contributed by atoms with Crippen molar-refractivity contribution in [1.82, 2.24) is 10.0 Å². The number of nitrogens with one attached hydrogen (secondary N) is 2. The third-order valence-corrected chi connectivity index (χ3v) is 6.10. The minimum atomic E-state index is -3.69. The number of hydrogen-bond donors (Lipinski definition) is 2. The van der Waals surface area contributed by atoms with Gasteiger partial charge in [0.05, 0.1) is 17.6 Å². The van der Waals surface area contributed by atoms with Gasteiger partial charge in [-0.05, 0) is 44.0 Å². The first-order chi connectivity index (χ1) is 14.3. The Hall–Kier alpha value is -2.91. The van der Waals surface area contributed by atoms with Gasteiger partial charge in [-0.25, -0.2) is 17.9 Å². The van der Waals surface area contributed by atoms with E-state index in [2.05, 4.69) is 10.0 Å². The number of para-hydroxylation sites is 1. The first-order valence-electron chi connectivity index (χ1n) is 9.53. The number of sulfonamides is 1. The second-order valence-electron chi connectivity index (χ2n) is 7.00. The van der Waals surface area contributed by atoms with Gasteiger partial charge in [-0.15, -0.1) is 0 Å². The Balaban J connectivity index is 1.59. The molecule has 9 heteroatoms. The highest BCUT2D eigenvalue weighted by Crippen LogP contribution is 2.22. The third-order valence-electron chi connectivity index (χ3n) is 4.58. The van der Waals surface area contributed by atoms with Gasteiger partial charge < -0.3 is 14.8 Å². The van der Waals surface area contributed by atoms with Crippen LogP contribution in [0.2, 0.25) is 0 Å². The molecule has 1 saturated carbocycles. The van der Waals surface area contributed by atoms with Gasteiger partial charge in [-0.3, -0.25) is 4.79 Å². The van der Waals surface area contributed by atoms with E-state index in [1.165, 1.54) is 31.2 Å². The molecule has 1 aliphatic rings. The van der Waals surface area contributed by atoms with Crippen molar-refractivity contribution in [3.05, 3.63) is 59.7 Å². The molecule has 3 rings (SSSR count). The molecule has 160 valence electrons. The van der Waals surface area contributed by atoms with E-state index in [0.29, 0.717) is 5.75 Å². The van der Waals surface area contributed by atoms with E-state index >= 15 is 0 Å². The van der Waals surface area contributed by atoms with Crippen molar-refractivity contribution < 1.29 is 27.5 Å². The van der Waals surface area contributed by atoms with Crippen LogP contribution in [-0.2, 0) is 26.1 Å². The van der Waals surface area contributed by atoms with Crippen LogP contribution in [0.15, 0.2) is 53.4 Å². The molecule has 8 nitrogen and oxygen atoms in total. The third kappa shape index (κ3) is 5.58. The van der Waals surface area contributed by atoms with Crippen molar-refractivity contribution in [3.63, 3.8) is 0 Å². The molecule has 2 N–H and O–H groups in total. The van der Waals surface area contributed by atoms with E-state index in [0.717, 1.165) is 18.4 Å². The van der Waals surface area contributed by atoms with Crippen LogP contribution >= 0.6 is 0 Å². The molecule has 1 unspecified atom stereocenters. The molecule has 0 bridgehead atoms. The van der Waals surface area contributed by atoms with Crippen LogP contribution in [0, 0.1) is 0 Å². The fourth-order valence-corrected chi connectivity index (χ4v) is 4.09. The summed E-state index contributed by atoms with van der Waals surface area (Å²) in [6, 6.07) is 12.8. The SMILES string of the molecule is COc1ccccc1CNC(=O)C(C)OC(=O)c1cccc(S(=O)(=O)NC2CC2)c1. The van der Waals surface area contributed by atoms with Crippen LogP contribution in [0.5, 0.6) is 5.75 Å². The minimum absolute atomic E-state index is 0.0165. The lowest BCUT2D eigenvalue weighted by molar-refractivity contribution is -0.129. The number of hydrogen-bond acceptors (Lipinski definition) is 6. The average molecular weight is 432 g/mol. The number of benzene rings is 2. The fraction of sp³-hybridized carbons (Fsp3) is 0.333. The molecule has 1 fully saturated rings. The number of ether oxygens (including phenoxy) is 2. The fourth-order valence-electron chi connectivity index (χ4n) is 2.74. The predicted molar refractivity (Wildman–Crippen MR) is 110 cm³/mol. The Labute approximate surface area is 175 Å². The Kier molecular flexibility index (Phi) is 6.73. The Morgan fingerprint density at radius 1 is 1.13 bits per heavy atom. The van der Waals surface area contributed by atoms with E-state index < -0.39 is 28.0 Å². The van der Waals surface area contributed by atoms with Gasteiger partial charge in [0.1, 0.15) is 5.75 Å². The topological polar surface area (TPSA) is 111 Å². The van der Waals surface area contributed by atoms with E-state index in [1.54, 1.807) is 13.2 Å². The standard InChI is InChI=1S/C21H24N2O6S/c1-14(20(24)22-13-16-6-3-4-9-19(16)28-2)29-21(25)15-7-5-8-18(12-15)30(26,27)23-17-10-11-17/h3-9,12,14,17,23H,10-11,13H2,1-2H3,(H,22,24). The maximum absolute atomic E-state index is 12.4. The normalized spacial score (nSPS) is 14.6. The van der Waals surface area contributed by atoms with Crippen molar-refractivity contribution >= 4 is 21.9 Å². The van der Waals surface area contributed by atoms with Gasteiger partial charge in [-0.1, -0.05) is 24.3 Å². The maximum Gasteiger partial charge on any atom is 0.338 e. The van der Waals surface area contributed by atoms with Crippen LogP contribution in [-0.4, -0.2) is 39.5 Å². The van der Waals surface area contributed by atoms with Crippen LogP contribution in [0.4, 0.5) is 0 Å². The summed E-state index contributed by atoms with van der Waals surface area (Å²) >= 11 is 0.